The molecule has 1 heterocycles. The highest BCUT2D eigenvalue weighted by molar-refractivity contribution is 8.00. The van der Waals surface area contributed by atoms with Crippen LogP contribution in [0.1, 0.15) is 18.1 Å². The first kappa shape index (κ1) is 18.1. The number of anilines is 1. The van der Waals surface area contributed by atoms with Crippen molar-refractivity contribution in [1.29, 1.82) is 5.26 Å². The predicted molar refractivity (Wildman–Crippen MR) is 94.9 cm³/mol. The van der Waals surface area contributed by atoms with Gasteiger partial charge in [-0.3, -0.25) is 10.1 Å². The minimum absolute atomic E-state index is 0.267. The van der Waals surface area contributed by atoms with Crippen LogP contribution in [-0.4, -0.2) is 28.8 Å². The summed E-state index contributed by atoms with van der Waals surface area (Å²) in [7, 11) is 0. The zero-order valence-corrected chi connectivity index (χ0v) is 14.7. The van der Waals surface area contributed by atoms with E-state index in [1.54, 1.807) is 25.1 Å². The zero-order valence-electron chi connectivity index (χ0n) is 13.1. The summed E-state index contributed by atoms with van der Waals surface area (Å²) in [5, 5.41) is 19.9. The van der Waals surface area contributed by atoms with Gasteiger partial charge in [-0.15, -0.1) is 16.8 Å². The number of hydrogen-bond acceptors (Lipinski definition) is 7. The van der Waals surface area contributed by atoms with Gasteiger partial charge in [0.1, 0.15) is 6.10 Å². The molecule has 0 saturated carbocycles. The van der Waals surface area contributed by atoms with E-state index in [-0.39, 0.29) is 5.91 Å². The lowest BCUT2D eigenvalue weighted by atomic mass is 10.2. The summed E-state index contributed by atoms with van der Waals surface area (Å²) in [5.74, 6) is 0.448. The molecular formula is C16H16N4O2S2. The van der Waals surface area contributed by atoms with Crippen LogP contribution in [0.15, 0.2) is 41.3 Å². The van der Waals surface area contributed by atoms with Crippen LogP contribution < -0.4 is 5.32 Å². The molecule has 0 aliphatic heterocycles. The lowest BCUT2D eigenvalue weighted by Gasteiger charge is -2.09. The zero-order chi connectivity index (χ0) is 17.4. The highest BCUT2D eigenvalue weighted by Crippen LogP contribution is 2.28. The number of carbonyl (C=O) groups is 1. The van der Waals surface area contributed by atoms with Crippen molar-refractivity contribution in [3.05, 3.63) is 48.0 Å². The summed E-state index contributed by atoms with van der Waals surface area (Å²) in [6, 6.07) is 9.48. The Balaban J connectivity index is 1.85. The minimum Gasteiger partial charge on any atom is -0.365 e. The number of rotatable bonds is 8. The SMILES string of the molecule is C=CCOC(C)C(=O)Nc1nnc(SCc2ccc(C#N)cc2)s1. The number of amides is 1. The van der Waals surface area contributed by atoms with Crippen molar-refractivity contribution in [2.75, 3.05) is 11.9 Å². The second kappa shape index (κ2) is 9.17. The van der Waals surface area contributed by atoms with Crippen LogP contribution in [0, 0.1) is 11.3 Å². The summed E-state index contributed by atoms with van der Waals surface area (Å²) in [6.45, 7) is 5.52. The van der Waals surface area contributed by atoms with E-state index in [1.165, 1.54) is 23.1 Å². The summed E-state index contributed by atoms with van der Waals surface area (Å²) in [4.78, 5) is 11.9. The standard InChI is InChI=1S/C16H16N4O2S2/c1-3-8-22-11(2)14(21)18-15-19-20-16(24-15)23-10-13-6-4-12(9-17)5-7-13/h3-7,11H,1,8,10H2,2H3,(H,18,19,21). The Morgan fingerprint density at radius 3 is 2.92 bits per heavy atom. The number of thioether (sulfide) groups is 1. The molecule has 0 aliphatic carbocycles. The third-order valence-corrected chi connectivity index (χ3v) is 4.96. The largest absolute Gasteiger partial charge is 0.365 e. The number of hydrogen-bond donors (Lipinski definition) is 1. The van der Waals surface area contributed by atoms with Crippen LogP contribution in [-0.2, 0) is 15.3 Å². The second-order valence-electron chi connectivity index (χ2n) is 4.72. The van der Waals surface area contributed by atoms with E-state index in [0.717, 1.165) is 9.90 Å². The van der Waals surface area contributed by atoms with E-state index in [9.17, 15) is 4.79 Å². The Morgan fingerprint density at radius 2 is 2.25 bits per heavy atom. The molecule has 1 N–H and O–H groups in total. The highest BCUT2D eigenvalue weighted by atomic mass is 32.2. The van der Waals surface area contributed by atoms with Crippen molar-refractivity contribution in [3.8, 4) is 6.07 Å². The average molecular weight is 360 g/mol. The molecule has 124 valence electrons. The molecule has 6 nitrogen and oxygen atoms in total. The van der Waals surface area contributed by atoms with Gasteiger partial charge in [-0.1, -0.05) is 41.3 Å². The fourth-order valence-electron chi connectivity index (χ4n) is 1.63. The molecule has 2 rings (SSSR count). The third-order valence-electron chi connectivity index (χ3n) is 2.92. The highest BCUT2D eigenvalue weighted by Gasteiger charge is 2.15. The van der Waals surface area contributed by atoms with Crippen molar-refractivity contribution >= 4 is 34.1 Å². The molecule has 1 aromatic carbocycles. The lowest BCUT2D eigenvalue weighted by Crippen LogP contribution is -2.27. The number of aromatic nitrogens is 2. The van der Waals surface area contributed by atoms with E-state index in [1.807, 2.05) is 12.1 Å². The molecule has 1 aromatic heterocycles. The van der Waals surface area contributed by atoms with E-state index < -0.39 is 6.10 Å². The van der Waals surface area contributed by atoms with Crippen molar-refractivity contribution in [3.63, 3.8) is 0 Å². The summed E-state index contributed by atoms with van der Waals surface area (Å²) in [6.07, 6.45) is 1.01. The van der Waals surface area contributed by atoms with E-state index in [2.05, 4.69) is 28.2 Å². The average Bonchev–Trinajstić information content (AvgIpc) is 3.05. The van der Waals surface area contributed by atoms with Gasteiger partial charge in [0, 0.05) is 5.75 Å². The number of ether oxygens (including phenoxy) is 1. The Morgan fingerprint density at radius 1 is 1.50 bits per heavy atom. The Kier molecular flexibility index (Phi) is 6.93. The van der Waals surface area contributed by atoms with Crippen LogP contribution in [0.5, 0.6) is 0 Å². The quantitative estimate of drug-likeness (QED) is 0.442. The molecule has 0 fully saturated rings. The molecular weight excluding hydrogens is 344 g/mol. The van der Waals surface area contributed by atoms with Gasteiger partial charge in [-0.25, -0.2) is 0 Å². The van der Waals surface area contributed by atoms with Crippen LogP contribution in [0.2, 0.25) is 0 Å². The molecule has 2 aromatic rings. The van der Waals surface area contributed by atoms with E-state index in [0.29, 0.717) is 23.1 Å². The summed E-state index contributed by atoms with van der Waals surface area (Å²) < 4.78 is 6.01. The monoisotopic (exact) mass is 360 g/mol. The maximum atomic E-state index is 11.9. The van der Waals surface area contributed by atoms with Crippen molar-refractivity contribution in [1.82, 2.24) is 10.2 Å². The first-order chi connectivity index (χ1) is 11.6. The summed E-state index contributed by atoms with van der Waals surface area (Å²) in [5.41, 5.74) is 1.73. The van der Waals surface area contributed by atoms with Crippen LogP contribution in [0.25, 0.3) is 0 Å². The predicted octanol–water partition coefficient (Wildman–Crippen LogP) is 3.23. The first-order valence-electron chi connectivity index (χ1n) is 7.11. The van der Waals surface area contributed by atoms with Gasteiger partial charge >= 0.3 is 0 Å². The normalized spacial score (nSPS) is 11.5. The molecule has 0 radical (unpaired) electrons. The Bertz CT molecular complexity index is 737. The minimum atomic E-state index is -0.582. The molecule has 24 heavy (non-hydrogen) atoms. The molecule has 8 heteroatoms. The fraction of sp³-hybridized carbons (Fsp3) is 0.250. The molecule has 0 aliphatic rings. The molecule has 0 saturated heterocycles. The van der Waals surface area contributed by atoms with Gasteiger partial charge in [0.15, 0.2) is 4.34 Å². The smallest absolute Gasteiger partial charge is 0.255 e. The van der Waals surface area contributed by atoms with Gasteiger partial charge in [-0.05, 0) is 24.6 Å². The van der Waals surface area contributed by atoms with Crippen LogP contribution in [0.4, 0.5) is 5.13 Å². The van der Waals surface area contributed by atoms with Crippen molar-refractivity contribution in [2.24, 2.45) is 0 Å². The van der Waals surface area contributed by atoms with Crippen LogP contribution >= 0.6 is 23.1 Å². The molecule has 1 amide bonds. The van der Waals surface area contributed by atoms with E-state index in [4.69, 9.17) is 10.00 Å². The second-order valence-corrected chi connectivity index (χ2v) is 6.92. The van der Waals surface area contributed by atoms with Crippen LogP contribution in [0.3, 0.4) is 0 Å². The van der Waals surface area contributed by atoms with Gasteiger partial charge in [0.05, 0.1) is 18.2 Å². The molecule has 1 atom stereocenters. The topological polar surface area (TPSA) is 87.9 Å². The lowest BCUT2D eigenvalue weighted by molar-refractivity contribution is -0.125. The number of carbonyl (C=O) groups excluding carboxylic acids is 1. The van der Waals surface area contributed by atoms with E-state index >= 15 is 0 Å². The molecule has 1 unspecified atom stereocenters. The van der Waals surface area contributed by atoms with Crippen molar-refractivity contribution in [2.45, 2.75) is 23.1 Å². The van der Waals surface area contributed by atoms with Gasteiger partial charge in [0.2, 0.25) is 5.13 Å². The molecule has 0 spiro atoms. The number of nitrogens with one attached hydrogen (secondary N) is 1. The fourth-order valence-corrected chi connectivity index (χ4v) is 3.35. The third kappa shape index (κ3) is 5.45. The van der Waals surface area contributed by atoms with Gasteiger partial charge in [0.25, 0.3) is 5.91 Å². The van der Waals surface area contributed by atoms with Crippen molar-refractivity contribution < 1.29 is 9.53 Å². The number of nitriles is 1. The van der Waals surface area contributed by atoms with Gasteiger partial charge < -0.3 is 4.74 Å². The Labute approximate surface area is 148 Å². The maximum Gasteiger partial charge on any atom is 0.255 e. The van der Waals surface area contributed by atoms with Gasteiger partial charge in [-0.2, -0.15) is 5.26 Å². The maximum absolute atomic E-state index is 11.9. The number of benzene rings is 1. The Hall–Kier alpha value is -2.21. The number of nitrogens with zero attached hydrogens (tertiary/aromatic N) is 3. The summed E-state index contributed by atoms with van der Waals surface area (Å²) >= 11 is 2.83. The first-order valence-corrected chi connectivity index (χ1v) is 8.91. The molecule has 0 bridgehead atoms.